The first-order valence-electron chi connectivity index (χ1n) is 5.80. The standard InChI is InChI=1S/C13H15NO5S/c1-8-2-4-9(5-3-8)12(17)14-10(13(18)19)6-20-7-11(15)16/h2-5,10H,6-7H2,1H3,(H,14,17)(H,15,16)(H,18,19)/t10-/m0/s1. The smallest absolute Gasteiger partial charge is 0.327 e. The summed E-state index contributed by atoms with van der Waals surface area (Å²) in [6, 6.07) is 5.60. The number of rotatable bonds is 7. The summed E-state index contributed by atoms with van der Waals surface area (Å²) in [5.74, 6) is -2.91. The predicted octanol–water partition coefficient (Wildman–Crippen LogP) is 0.996. The summed E-state index contributed by atoms with van der Waals surface area (Å²) < 4.78 is 0. The van der Waals surface area contributed by atoms with Gasteiger partial charge < -0.3 is 15.5 Å². The van der Waals surface area contributed by atoms with E-state index in [9.17, 15) is 14.4 Å². The molecule has 1 rings (SSSR count). The van der Waals surface area contributed by atoms with Crippen molar-refractivity contribution in [3.05, 3.63) is 35.4 Å². The Hall–Kier alpha value is -2.02. The van der Waals surface area contributed by atoms with Crippen LogP contribution in [0.5, 0.6) is 0 Å². The molecule has 0 aromatic heterocycles. The van der Waals surface area contributed by atoms with Crippen molar-refractivity contribution in [3.8, 4) is 0 Å². The van der Waals surface area contributed by atoms with Gasteiger partial charge in [0.1, 0.15) is 6.04 Å². The molecule has 0 bridgehead atoms. The summed E-state index contributed by atoms with van der Waals surface area (Å²) in [7, 11) is 0. The van der Waals surface area contributed by atoms with Crippen LogP contribution >= 0.6 is 11.8 Å². The summed E-state index contributed by atoms with van der Waals surface area (Å²) in [5, 5.41) is 19.9. The van der Waals surface area contributed by atoms with Gasteiger partial charge in [0.15, 0.2) is 0 Å². The molecule has 0 saturated carbocycles. The molecule has 0 heterocycles. The number of aliphatic carboxylic acids is 2. The van der Waals surface area contributed by atoms with Crippen LogP contribution in [0.1, 0.15) is 15.9 Å². The normalized spacial score (nSPS) is 11.7. The molecular weight excluding hydrogens is 282 g/mol. The number of carbonyl (C=O) groups excluding carboxylic acids is 1. The van der Waals surface area contributed by atoms with Gasteiger partial charge in [0.2, 0.25) is 0 Å². The van der Waals surface area contributed by atoms with E-state index in [2.05, 4.69) is 5.32 Å². The van der Waals surface area contributed by atoms with Gasteiger partial charge in [-0.05, 0) is 19.1 Å². The number of amides is 1. The number of nitrogens with one attached hydrogen (secondary N) is 1. The maximum atomic E-state index is 11.9. The fourth-order valence-corrected chi connectivity index (χ4v) is 2.14. The first kappa shape index (κ1) is 16.0. The fourth-order valence-electron chi connectivity index (χ4n) is 1.39. The summed E-state index contributed by atoms with van der Waals surface area (Å²) in [6.07, 6.45) is 0. The van der Waals surface area contributed by atoms with Crippen LogP contribution < -0.4 is 5.32 Å². The summed E-state index contributed by atoms with van der Waals surface area (Å²) in [4.78, 5) is 33.3. The average Bonchev–Trinajstić information content (AvgIpc) is 2.37. The Morgan fingerprint density at radius 3 is 2.30 bits per heavy atom. The third-order valence-corrected chi connectivity index (χ3v) is 3.45. The maximum Gasteiger partial charge on any atom is 0.327 e. The Balaban J connectivity index is 2.60. The van der Waals surface area contributed by atoms with Crippen molar-refractivity contribution < 1.29 is 24.6 Å². The van der Waals surface area contributed by atoms with Crippen LogP contribution in [-0.4, -0.2) is 45.6 Å². The number of hydrogen-bond donors (Lipinski definition) is 3. The van der Waals surface area contributed by atoms with Crippen LogP contribution in [0.15, 0.2) is 24.3 Å². The lowest BCUT2D eigenvalue weighted by molar-refractivity contribution is -0.138. The summed E-state index contributed by atoms with van der Waals surface area (Å²) in [6.45, 7) is 1.88. The highest BCUT2D eigenvalue weighted by Gasteiger charge is 2.20. The Morgan fingerprint density at radius 2 is 1.80 bits per heavy atom. The van der Waals surface area contributed by atoms with E-state index in [0.29, 0.717) is 5.56 Å². The minimum absolute atomic E-state index is 0.000759. The molecular formula is C13H15NO5S. The summed E-state index contributed by atoms with van der Waals surface area (Å²) >= 11 is 0.942. The van der Waals surface area contributed by atoms with Crippen LogP contribution in [0, 0.1) is 6.92 Å². The van der Waals surface area contributed by atoms with E-state index in [1.54, 1.807) is 24.3 Å². The van der Waals surface area contributed by atoms with Gasteiger partial charge in [0.05, 0.1) is 5.75 Å². The SMILES string of the molecule is Cc1ccc(C(=O)N[C@@H](CSCC(=O)O)C(=O)O)cc1. The van der Waals surface area contributed by atoms with Crippen molar-refractivity contribution >= 4 is 29.6 Å². The van der Waals surface area contributed by atoms with E-state index in [4.69, 9.17) is 10.2 Å². The monoisotopic (exact) mass is 297 g/mol. The van der Waals surface area contributed by atoms with E-state index in [1.807, 2.05) is 6.92 Å². The number of carboxylic acid groups (broad SMARTS) is 2. The minimum atomic E-state index is -1.19. The minimum Gasteiger partial charge on any atom is -0.481 e. The number of hydrogen-bond acceptors (Lipinski definition) is 4. The molecule has 1 aromatic rings. The van der Waals surface area contributed by atoms with Crippen molar-refractivity contribution in [2.75, 3.05) is 11.5 Å². The molecule has 1 atom stereocenters. The molecule has 0 saturated heterocycles. The van der Waals surface area contributed by atoms with Crippen molar-refractivity contribution in [3.63, 3.8) is 0 Å². The van der Waals surface area contributed by atoms with Crippen LogP contribution in [0.25, 0.3) is 0 Å². The van der Waals surface area contributed by atoms with E-state index in [1.165, 1.54) is 0 Å². The number of aryl methyl sites for hydroxylation is 1. The topological polar surface area (TPSA) is 104 Å². The average molecular weight is 297 g/mol. The highest BCUT2D eigenvalue weighted by molar-refractivity contribution is 8.00. The molecule has 3 N–H and O–H groups in total. The summed E-state index contributed by atoms with van der Waals surface area (Å²) in [5.41, 5.74) is 1.36. The number of carboxylic acids is 2. The van der Waals surface area contributed by atoms with Crippen molar-refractivity contribution in [2.45, 2.75) is 13.0 Å². The molecule has 0 aliphatic heterocycles. The Bertz CT molecular complexity index is 500. The van der Waals surface area contributed by atoms with Gasteiger partial charge in [0, 0.05) is 11.3 Å². The quantitative estimate of drug-likeness (QED) is 0.693. The van der Waals surface area contributed by atoms with Crippen LogP contribution in [0.4, 0.5) is 0 Å². The van der Waals surface area contributed by atoms with Crippen molar-refractivity contribution in [1.29, 1.82) is 0 Å². The molecule has 0 radical (unpaired) electrons. The van der Waals surface area contributed by atoms with Crippen molar-refractivity contribution in [2.24, 2.45) is 0 Å². The van der Waals surface area contributed by atoms with Gasteiger partial charge in [-0.2, -0.15) is 0 Å². The predicted molar refractivity (Wildman–Crippen MR) is 75.0 cm³/mol. The Kier molecular flexibility index (Phi) is 6.05. The van der Waals surface area contributed by atoms with E-state index in [-0.39, 0.29) is 11.5 Å². The van der Waals surface area contributed by atoms with E-state index in [0.717, 1.165) is 17.3 Å². The first-order valence-corrected chi connectivity index (χ1v) is 6.95. The largest absolute Gasteiger partial charge is 0.481 e. The van der Waals surface area contributed by atoms with E-state index < -0.39 is 23.9 Å². The zero-order valence-electron chi connectivity index (χ0n) is 10.8. The Morgan fingerprint density at radius 1 is 1.20 bits per heavy atom. The zero-order valence-corrected chi connectivity index (χ0v) is 11.6. The second-order valence-electron chi connectivity index (χ2n) is 4.14. The second-order valence-corrected chi connectivity index (χ2v) is 5.17. The lowest BCUT2D eigenvalue weighted by atomic mass is 10.1. The molecule has 1 amide bonds. The zero-order chi connectivity index (χ0) is 15.1. The maximum absolute atomic E-state index is 11.9. The molecule has 20 heavy (non-hydrogen) atoms. The third-order valence-electron chi connectivity index (χ3n) is 2.43. The lowest BCUT2D eigenvalue weighted by Gasteiger charge is -2.13. The number of thioether (sulfide) groups is 1. The van der Waals surface area contributed by atoms with Gasteiger partial charge in [-0.1, -0.05) is 17.7 Å². The van der Waals surface area contributed by atoms with Crippen LogP contribution in [-0.2, 0) is 9.59 Å². The second kappa shape index (κ2) is 7.54. The molecule has 0 spiro atoms. The molecule has 0 aliphatic rings. The molecule has 108 valence electrons. The molecule has 0 unspecified atom stereocenters. The van der Waals surface area contributed by atoms with E-state index >= 15 is 0 Å². The molecule has 7 heteroatoms. The Labute approximate surface area is 120 Å². The van der Waals surface area contributed by atoms with Gasteiger partial charge in [-0.3, -0.25) is 9.59 Å². The molecule has 6 nitrogen and oxygen atoms in total. The number of benzene rings is 1. The lowest BCUT2D eigenvalue weighted by Crippen LogP contribution is -2.42. The van der Waals surface area contributed by atoms with Gasteiger partial charge in [-0.25, -0.2) is 4.79 Å². The molecule has 1 aromatic carbocycles. The van der Waals surface area contributed by atoms with Crippen molar-refractivity contribution in [1.82, 2.24) is 5.32 Å². The van der Waals surface area contributed by atoms with Gasteiger partial charge in [0.25, 0.3) is 5.91 Å². The van der Waals surface area contributed by atoms with Crippen LogP contribution in [0.3, 0.4) is 0 Å². The third kappa shape index (κ3) is 5.31. The number of carbonyl (C=O) groups is 3. The highest BCUT2D eigenvalue weighted by Crippen LogP contribution is 2.06. The molecule has 0 aliphatic carbocycles. The first-order chi connectivity index (χ1) is 9.40. The van der Waals surface area contributed by atoms with Gasteiger partial charge in [-0.15, -0.1) is 11.8 Å². The fraction of sp³-hybridized carbons (Fsp3) is 0.308. The highest BCUT2D eigenvalue weighted by atomic mass is 32.2. The van der Waals surface area contributed by atoms with Crippen LogP contribution in [0.2, 0.25) is 0 Å². The van der Waals surface area contributed by atoms with Gasteiger partial charge >= 0.3 is 11.9 Å². The molecule has 0 fully saturated rings.